The lowest BCUT2D eigenvalue weighted by Crippen LogP contribution is -3.00. The summed E-state index contributed by atoms with van der Waals surface area (Å²) in [6.07, 6.45) is 7.20. The third kappa shape index (κ3) is 4.94. The molecular formula is C17H26INO2. The molecule has 3 atom stereocenters. The third-order valence-electron chi connectivity index (χ3n) is 4.40. The van der Waals surface area contributed by atoms with Crippen molar-refractivity contribution in [2.24, 2.45) is 24.8 Å². The first-order valence-electron chi connectivity index (χ1n) is 7.63. The van der Waals surface area contributed by atoms with Gasteiger partial charge in [0.15, 0.2) is 12.4 Å². The molecule has 1 aromatic rings. The number of ether oxygens (including phenoxy) is 1. The summed E-state index contributed by atoms with van der Waals surface area (Å²) >= 11 is 0. The molecule has 0 bridgehead atoms. The molecule has 0 aromatic carbocycles. The van der Waals surface area contributed by atoms with Crippen molar-refractivity contribution in [3.63, 3.8) is 0 Å². The second-order valence-corrected chi connectivity index (χ2v) is 6.53. The van der Waals surface area contributed by atoms with E-state index in [4.69, 9.17) is 4.74 Å². The van der Waals surface area contributed by atoms with Crippen LogP contribution in [-0.4, -0.2) is 12.1 Å². The van der Waals surface area contributed by atoms with Crippen LogP contribution >= 0.6 is 0 Å². The van der Waals surface area contributed by atoms with Gasteiger partial charge in [0, 0.05) is 6.07 Å². The number of carbonyl (C=O) groups is 1. The number of pyridine rings is 1. The Morgan fingerprint density at radius 1 is 1.38 bits per heavy atom. The number of halogens is 1. The molecule has 3 unspecified atom stereocenters. The number of aromatic nitrogens is 1. The Kier molecular flexibility index (Phi) is 7.10. The minimum absolute atomic E-state index is 0. The zero-order chi connectivity index (χ0) is 14.7. The first-order chi connectivity index (χ1) is 9.47. The maximum atomic E-state index is 12.3. The Hall–Kier alpha value is -0.650. The highest BCUT2D eigenvalue weighted by atomic mass is 127. The molecule has 0 amide bonds. The fourth-order valence-electron chi connectivity index (χ4n) is 3.16. The molecule has 1 fully saturated rings. The Morgan fingerprint density at radius 2 is 2.10 bits per heavy atom. The molecule has 0 spiro atoms. The van der Waals surface area contributed by atoms with E-state index < -0.39 is 0 Å². The predicted octanol–water partition coefficient (Wildman–Crippen LogP) is 0.133. The van der Waals surface area contributed by atoms with Crippen LogP contribution in [0.4, 0.5) is 0 Å². The normalized spacial score (nSPS) is 25.3. The first kappa shape index (κ1) is 18.4. The zero-order valence-electron chi connectivity index (χ0n) is 13.4. The number of hydrogen-bond donors (Lipinski definition) is 0. The quantitative estimate of drug-likeness (QED) is 0.408. The molecule has 1 aromatic heterocycles. The summed E-state index contributed by atoms with van der Waals surface area (Å²) in [5, 5.41) is 0. The van der Waals surface area contributed by atoms with Crippen molar-refractivity contribution in [1.82, 2.24) is 0 Å². The van der Waals surface area contributed by atoms with Crippen LogP contribution in [0.2, 0.25) is 0 Å². The van der Waals surface area contributed by atoms with E-state index >= 15 is 0 Å². The lowest BCUT2D eigenvalue weighted by atomic mass is 9.75. The monoisotopic (exact) mass is 403 g/mol. The lowest BCUT2D eigenvalue weighted by Gasteiger charge is -2.36. The van der Waals surface area contributed by atoms with Crippen molar-refractivity contribution in [2.75, 3.05) is 0 Å². The van der Waals surface area contributed by atoms with E-state index in [0.717, 1.165) is 6.42 Å². The number of rotatable bonds is 3. The molecule has 2 rings (SSSR count). The Balaban J connectivity index is 0.00000220. The van der Waals surface area contributed by atoms with Crippen molar-refractivity contribution in [3.8, 4) is 0 Å². The van der Waals surface area contributed by atoms with Gasteiger partial charge in [0.1, 0.15) is 18.7 Å². The van der Waals surface area contributed by atoms with Crippen LogP contribution < -0.4 is 28.5 Å². The maximum absolute atomic E-state index is 12.3. The van der Waals surface area contributed by atoms with Gasteiger partial charge in [0.2, 0.25) is 0 Å². The smallest absolute Gasteiger partial charge is 0.344 e. The fraction of sp³-hybridized carbons (Fsp3) is 0.647. The number of aryl methyl sites for hydroxylation is 1. The van der Waals surface area contributed by atoms with Crippen molar-refractivity contribution >= 4 is 5.97 Å². The van der Waals surface area contributed by atoms with Gasteiger partial charge in [-0.15, -0.1) is 0 Å². The number of carbonyl (C=O) groups excluding carboxylic acids is 1. The predicted molar refractivity (Wildman–Crippen MR) is 78.2 cm³/mol. The van der Waals surface area contributed by atoms with Crippen molar-refractivity contribution < 1.29 is 38.1 Å². The second kappa shape index (κ2) is 8.11. The van der Waals surface area contributed by atoms with E-state index in [1.54, 1.807) is 0 Å². The molecule has 1 aliphatic carbocycles. The van der Waals surface area contributed by atoms with Gasteiger partial charge >= 0.3 is 5.97 Å². The first-order valence-corrected chi connectivity index (χ1v) is 7.63. The van der Waals surface area contributed by atoms with E-state index in [9.17, 15) is 4.79 Å². The molecule has 118 valence electrons. The van der Waals surface area contributed by atoms with Gasteiger partial charge in [0.25, 0.3) is 0 Å². The van der Waals surface area contributed by atoms with Gasteiger partial charge in [-0.2, -0.15) is 0 Å². The van der Waals surface area contributed by atoms with Gasteiger partial charge in [-0.3, -0.25) is 0 Å². The summed E-state index contributed by atoms with van der Waals surface area (Å²) in [5.74, 6) is 1.51. The van der Waals surface area contributed by atoms with Crippen molar-refractivity contribution in [3.05, 3.63) is 30.1 Å². The summed E-state index contributed by atoms with van der Waals surface area (Å²) in [6.45, 7) is 6.70. The van der Waals surface area contributed by atoms with Crippen LogP contribution in [0.3, 0.4) is 0 Å². The molecule has 0 aliphatic heterocycles. The maximum Gasteiger partial charge on any atom is 0.344 e. The topological polar surface area (TPSA) is 30.2 Å². The molecule has 0 N–H and O–H groups in total. The Labute approximate surface area is 145 Å². The van der Waals surface area contributed by atoms with Crippen LogP contribution in [-0.2, 0) is 11.8 Å². The third-order valence-corrected chi connectivity index (χ3v) is 4.40. The van der Waals surface area contributed by atoms with E-state index in [-0.39, 0.29) is 36.0 Å². The summed E-state index contributed by atoms with van der Waals surface area (Å²) in [5.41, 5.74) is 0.635. The van der Waals surface area contributed by atoms with Gasteiger partial charge in [-0.1, -0.05) is 27.2 Å². The van der Waals surface area contributed by atoms with Gasteiger partial charge in [-0.05, 0) is 36.7 Å². The average Bonchev–Trinajstić information content (AvgIpc) is 2.38. The highest BCUT2D eigenvalue weighted by molar-refractivity contribution is 5.88. The summed E-state index contributed by atoms with van der Waals surface area (Å²) < 4.78 is 7.70. The van der Waals surface area contributed by atoms with Crippen molar-refractivity contribution in [2.45, 2.75) is 46.1 Å². The van der Waals surface area contributed by atoms with Gasteiger partial charge in [-0.25, -0.2) is 9.36 Å². The van der Waals surface area contributed by atoms with E-state index in [0.29, 0.717) is 23.3 Å². The van der Waals surface area contributed by atoms with E-state index in [2.05, 4.69) is 20.8 Å². The molecule has 0 radical (unpaired) electrons. The second-order valence-electron chi connectivity index (χ2n) is 6.53. The van der Waals surface area contributed by atoms with Crippen LogP contribution in [0.15, 0.2) is 24.5 Å². The summed E-state index contributed by atoms with van der Waals surface area (Å²) in [4.78, 5) is 12.3. The summed E-state index contributed by atoms with van der Waals surface area (Å²) in [7, 11) is 1.91. The van der Waals surface area contributed by atoms with Gasteiger partial charge in [0.05, 0.1) is 0 Å². The number of esters is 1. The summed E-state index contributed by atoms with van der Waals surface area (Å²) in [6, 6.07) is 3.69. The Bertz CT molecular complexity index is 476. The molecule has 0 saturated heterocycles. The minimum atomic E-state index is -0.189. The van der Waals surface area contributed by atoms with E-state index in [1.807, 2.05) is 36.1 Å². The molecule has 1 aliphatic rings. The molecule has 4 heteroatoms. The average molecular weight is 403 g/mol. The van der Waals surface area contributed by atoms with Crippen molar-refractivity contribution in [1.29, 1.82) is 0 Å². The number of nitrogens with zero attached hydrogens (tertiary/aromatic N) is 1. The standard InChI is InChI=1S/C17H26NO2.HI/c1-12(2)15-8-7-13(3)10-16(15)20-17(19)14-6-5-9-18(4)11-14;/h5-6,9,11-13,15-16H,7-8,10H2,1-4H3;1H/q+1;/p-1. The van der Waals surface area contributed by atoms with Crippen LogP contribution in [0.1, 0.15) is 50.4 Å². The molecule has 3 nitrogen and oxygen atoms in total. The zero-order valence-corrected chi connectivity index (χ0v) is 15.5. The fourth-order valence-corrected chi connectivity index (χ4v) is 3.16. The highest BCUT2D eigenvalue weighted by Crippen LogP contribution is 2.35. The minimum Gasteiger partial charge on any atom is -1.00 e. The molecule has 21 heavy (non-hydrogen) atoms. The number of hydrogen-bond acceptors (Lipinski definition) is 2. The van der Waals surface area contributed by atoms with Crippen LogP contribution in [0.5, 0.6) is 0 Å². The van der Waals surface area contributed by atoms with Gasteiger partial charge < -0.3 is 28.7 Å². The lowest BCUT2D eigenvalue weighted by molar-refractivity contribution is -0.671. The molecule has 1 heterocycles. The molecule has 1 saturated carbocycles. The molecular weight excluding hydrogens is 377 g/mol. The largest absolute Gasteiger partial charge is 1.00 e. The SMILES string of the molecule is CC1CCC(C(C)C)C(OC(=O)c2ccc[n+](C)c2)C1.[I-]. The van der Waals surface area contributed by atoms with E-state index in [1.165, 1.54) is 12.8 Å². The van der Waals surface area contributed by atoms with Crippen LogP contribution in [0.25, 0.3) is 0 Å². The van der Waals surface area contributed by atoms with Crippen LogP contribution in [0, 0.1) is 17.8 Å². The highest BCUT2D eigenvalue weighted by Gasteiger charge is 2.33. The Morgan fingerprint density at radius 3 is 2.71 bits per heavy atom.